The van der Waals surface area contributed by atoms with E-state index in [0.29, 0.717) is 6.54 Å². The predicted molar refractivity (Wildman–Crippen MR) is 71.1 cm³/mol. The Balaban J connectivity index is 2.41. The maximum atomic E-state index is 11.5. The Hall–Kier alpha value is -1.84. The van der Waals surface area contributed by atoms with E-state index < -0.39 is 11.8 Å². The molecule has 0 unspecified atom stereocenters. The molecule has 1 rings (SSSR count). The van der Waals surface area contributed by atoms with Crippen LogP contribution in [0.1, 0.15) is 32.3 Å². The van der Waals surface area contributed by atoms with Crippen molar-refractivity contribution in [3.8, 4) is 0 Å². The minimum Gasteiger partial charge on any atom is -0.347 e. The molecule has 0 radical (unpaired) electrons. The van der Waals surface area contributed by atoms with Crippen LogP contribution in [0.5, 0.6) is 0 Å². The van der Waals surface area contributed by atoms with Crippen molar-refractivity contribution in [1.82, 2.24) is 10.6 Å². The standard InChI is InChI=1S/C14H20N2O2/c1-10(2)16-14(18)13(17)15-9-11(3)12-7-5-4-6-8-12/h4-8,10-11H,9H2,1-3H3,(H,15,17)(H,16,18)/t11-/m1/s1. The van der Waals surface area contributed by atoms with Gasteiger partial charge in [0, 0.05) is 12.6 Å². The summed E-state index contributed by atoms with van der Waals surface area (Å²) in [6.45, 7) is 6.10. The summed E-state index contributed by atoms with van der Waals surface area (Å²) in [5, 5.41) is 5.19. The van der Waals surface area contributed by atoms with Crippen LogP contribution in [0.3, 0.4) is 0 Å². The molecule has 0 spiro atoms. The highest BCUT2D eigenvalue weighted by molar-refractivity contribution is 6.35. The van der Waals surface area contributed by atoms with Crippen molar-refractivity contribution in [3.63, 3.8) is 0 Å². The number of benzene rings is 1. The van der Waals surface area contributed by atoms with Crippen molar-refractivity contribution < 1.29 is 9.59 Å². The second-order valence-electron chi connectivity index (χ2n) is 4.65. The molecule has 0 saturated carbocycles. The highest BCUT2D eigenvalue weighted by Gasteiger charge is 2.15. The summed E-state index contributed by atoms with van der Waals surface area (Å²) >= 11 is 0. The second-order valence-corrected chi connectivity index (χ2v) is 4.65. The Morgan fingerprint density at radius 3 is 2.22 bits per heavy atom. The zero-order valence-corrected chi connectivity index (χ0v) is 11.1. The van der Waals surface area contributed by atoms with Crippen LogP contribution >= 0.6 is 0 Å². The largest absolute Gasteiger partial charge is 0.347 e. The van der Waals surface area contributed by atoms with Crippen molar-refractivity contribution >= 4 is 11.8 Å². The summed E-state index contributed by atoms with van der Waals surface area (Å²) in [5.74, 6) is -0.973. The van der Waals surface area contributed by atoms with Gasteiger partial charge in [-0.15, -0.1) is 0 Å². The van der Waals surface area contributed by atoms with Crippen molar-refractivity contribution in [2.45, 2.75) is 32.7 Å². The van der Waals surface area contributed by atoms with E-state index in [4.69, 9.17) is 0 Å². The van der Waals surface area contributed by atoms with Crippen LogP contribution in [-0.2, 0) is 9.59 Å². The molecule has 0 aliphatic carbocycles. The first-order valence-electron chi connectivity index (χ1n) is 6.14. The molecule has 1 atom stereocenters. The second kappa shape index (κ2) is 6.79. The molecule has 98 valence electrons. The number of carbonyl (C=O) groups excluding carboxylic acids is 2. The van der Waals surface area contributed by atoms with Gasteiger partial charge < -0.3 is 10.6 Å². The average Bonchev–Trinajstić information content (AvgIpc) is 2.35. The lowest BCUT2D eigenvalue weighted by Crippen LogP contribution is -2.43. The molecule has 0 aliphatic rings. The summed E-state index contributed by atoms with van der Waals surface area (Å²) in [4.78, 5) is 22.9. The minimum atomic E-state index is -0.578. The van der Waals surface area contributed by atoms with Crippen LogP contribution in [0.15, 0.2) is 30.3 Å². The number of amides is 2. The van der Waals surface area contributed by atoms with Crippen molar-refractivity contribution in [3.05, 3.63) is 35.9 Å². The Bertz CT molecular complexity index is 402. The molecule has 18 heavy (non-hydrogen) atoms. The van der Waals surface area contributed by atoms with Crippen LogP contribution in [0, 0.1) is 0 Å². The third kappa shape index (κ3) is 4.57. The molecule has 1 aromatic carbocycles. The molecule has 0 aliphatic heterocycles. The fourth-order valence-electron chi connectivity index (χ4n) is 1.55. The maximum absolute atomic E-state index is 11.5. The van der Waals surface area contributed by atoms with Gasteiger partial charge in [-0.1, -0.05) is 37.3 Å². The van der Waals surface area contributed by atoms with E-state index in [0.717, 1.165) is 5.56 Å². The number of carbonyl (C=O) groups is 2. The zero-order chi connectivity index (χ0) is 13.5. The first-order chi connectivity index (χ1) is 8.50. The summed E-state index contributed by atoms with van der Waals surface area (Å²) in [6, 6.07) is 9.84. The van der Waals surface area contributed by atoms with Gasteiger partial charge in [0.2, 0.25) is 0 Å². The van der Waals surface area contributed by atoms with Gasteiger partial charge in [0.25, 0.3) is 0 Å². The Labute approximate surface area is 108 Å². The van der Waals surface area contributed by atoms with E-state index >= 15 is 0 Å². The summed E-state index contributed by atoms with van der Waals surface area (Å²) in [5.41, 5.74) is 1.14. The number of hydrogen-bond acceptors (Lipinski definition) is 2. The van der Waals surface area contributed by atoms with Gasteiger partial charge in [0.1, 0.15) is 0 Å². The van der Waals surface area contributed by atoms with Gasteiger partial charge in [0.05, 0.1) is 0 Å². The average molecular weight is 248 g/mol. The first-order valence-corrected chi connectivity index (χ1v) is 6.14. The van der Waals surface area contributed by atoms with E-state index in [2.05, 4.69) is 10.6 Å². The quantitative estimate of drug-likeness (QED) is 0.792. The molecule has 2 N–H and O–H groups in total. The molecule has 0 fully saturated rings. The predicted octanol–water partition coefficient (Wildman–Crippen LogP) is 1.43. The van der Waals surface area contributed by atoms with E-state index in [-0.39, 0.29) is 12.0 Å². The molecular weight excluding hydrogens is 228 g/mol. The molecule has 0 aromatic heterocycles. The lowest BCUT2D eigenvalue weighted by atomic mass is 10.0. The first kappa shape index (κ1) is 14.2. The van der Waals surface area contributed by atoms with Crippen molar-refractivity contribution in [2.24, 2.45) is 0 Å². The van der Waals surface area contributed by atoms with E-state index in [1.165, 1.54) is 0 Å². The normalized spacial score (nSPS) is 12.0. The minimum absolute atomic E-state index is 0.0326. The van der Waals surface area contributed by atoms with Crippen LogP contribution in [0.4, 0.5) is 0 Å². The fourth-order valence-corrected chi connectivity index (χ4v) is 1.55. The van der Waals surface area contributed by atoms with Crippen LogP contribution in [0.2, 0.25) is 0 Å². The van der Waals surface area contributed by atoms with Gasteiger partial charge in [0.15, 0.2) is 0 Å². The monoisotopic (exact) mass is 248 g/mol. The summed E-state index contributed by atoms with van der Waals surface area (Å²) in [7, 11) is 0. The molecule has 4 heteroatoms. The van der Waals surface area contributed by atoms with Crippen molar-refractivity contribution in [2.75, 3.05) is 6.54 Å². The fraction of sp³-hybridized carbons (Fsp3) is 0.429. The van der Waals surface area contributed by atoms with Gasteiger partial charge in [-0.2, -0.15) is 0 Å². The van der Waals surface area contributed by atoms with E-state index in [1.807, 2.05) is 51.1 Å². The molecular formula is C14H20N2O2. The number of rotatable bonds is 4. The Morgan fingerprint density at radius 1 is 1.06 bits per heavy atom. The van der Waals surface area contributed by atoms with Gasteiger partial charge >= 0.3 is 11.8 Å². The van der Waals surface area contributed by atoms with Gasteiger partial charge in [-0.3, -0.25) is 9.59 Å². The highest BCUT2D eigenvalue weighted by Crippen LogP contribution is 2.12. The Morgan fingerprint density at radius 2 is 1.67 bits per heavy atom. The molecule has 1 aromatic rings. The van der Waals surface area contributed by atoms with Crippen molar-refractivity contribution in [1.29, 1.82) is 0 Å². The zero-order valence-electron chi connectivity index (χ0n) is 11.1. The molecule has 0 heterocycles. The molecule has 2 amide bonds. The van der Waals surface area contributed by atoms with Gasteiger partial charge in [-0.25, -0.2) is 0 Å². The Kier molecular flexibility index (Phi) is 5.36. The lowest BCUT2D eigenvalue weighted by molar-refractivity contribution is -0.139. The highest BCUT2D eigenvalue weighted by atomic mass is 16.2. The summed E-state index contributed by atoms with van der Waals surface area (Å²) < 4.78 is 0. The van der Waals surface area contributed by atoms with E-state index in [9.17, 15) is 9.59 Å². The molecule has 0 saturated heterocycles. The topological polar surface area (TPSA) is 58.2 Å². The third-order valence-electron chi connectivity index (χ3n) is 2.56. The lowest BCUT2D eigenvalue weighted by Gasteiger charge is -2.13. The third-order valence-corrected chi connectivity index (χ3v) is 2.56. The van der Waals surface area contributed by atoms with Gasteiger partial charge in [-0.05, 0) is 25.3 Å². The smallest absolute Gasteiger partial charge is 0.309 e. The molecule has 4 nitrogen and oxygen atoms in total. The summed E-state index contributed by atoms with van der Waals surface area (Å²) in [6.07, 6.45) is 0. The number of nitrogens with one attached hydrogen (secondary N) is 2. The van der Waals surface area contributed by atoms with Crippen LogP contribution < -0.4 is 10.6 Å². The SMILES string of the molecule is CC(C)NC(=O)C(=O)NC[C@@H](C)c1ccccc1. The molecule has 0 bridgehead atoms. The van der Waals surface area contributed by atoms with Crippen LogP contribution in [0.25, 0.3) is 0 Å². The number of hydrogen-bond donors (Lipinski definition) is 2. The van der Waals surface area contributed by atoms with E-state index in [1.54, 1.807) is 0 Å². The van der Waals surface area contributed by atoms with Crippen LogP contribution in [-0.4, -0.2) is 24.4 Å². The maximum Gasteiger partial charge on any atom is 0.309 e.